The molecule has 6 nitrogen and oxygen atoms in total. The van der Waals surface area contributed by atoms with E-state index in [9.17, 15) is 9.59 Å². The number of fused-ring (bicyclic) bond motifs is 3. The molecule has 0 spiro atoms. The minimum absolute atomic E-state index is 0.0335. The van der Waals surface area contributed by atoms with E-state index in [4.69, 9.17) is 4.74 Å². The third kappa shape index (κ3) is 4.48. The van der Waals surface area contributed by atoms with Crippen LogP contribution < -0.4 is 5.32 Å². The van der Waals surface area contributed by atoms with E-state index in [2.05, 4.69) is 39.3 Å². The molecule has 0 atom stereocenters. The molecular weight excluding hydrogens is 392 g/mol. The molecule has 0 saturated carbocycles. The number of methoxy groups -OCH3 is 1. The molecule has 1 aliphatic rings. The molecule has 0 saturated heterocycles. The van der Waals surface area contributed by atoms with Gasteiger partial charge in [-0.3, -0.25) is 4.98 Å². The van der Waals surface area contributed by atoms with Crippen LogP contribution in [-0.4, -0.2) is 37.3 Å². The molecule has 31 heavy (non-hydrogen) atoms. The van der Waals surface area contributed by atoms with Gasteiger partial charge in [-0.1, -0.05) is 54.6 Å². The highest BCUT2D eigenvalue weighted by Gasteiger charge is 2.28. The predicted molar refractivity (Wildman–Crippen MR) is 118 cm³/mol. The van der Waals surface area contributed by atoms with Crippen LogP contribution in [0.5, 0.6) is 0 Å². The van der Waals surface area contributed by atoms with Crippen LogP contribution in [0.25, 0.3) is 17.2 Å². The summed E-state index contributed by atoms with van der Waals surface area (Å²) in [5.41, 5.74) is 5.80. The molecular formula is C25H22N2O4. The highest BCUT2D eigenvalue weighted by atomic mass is 16.5. The molecule has 0 bridgehead atoms. The number of alkyl carbamates (subject to hydrolysis) is 1. The molecule has 0 unspecified atom stereocenters. The van der Waals surface area contributed by atoms with E-state index in [0.29, 0.717) is 17.8 Å². The summed E-state index contributed by atoms with van der Waals surface area (Å²) in [4.78, 5) is 27.7. The van der Waals surface area contributed by atoms with Gasteiger partial charge in [-0.05, 0) is 40.5 Å². The number of carbonyl (C=O) groups is 2. The Kier molecular flexibility index (Phi) is 6.08. The lowest BCUT2D eigenvalue weighted by Crippen LogP contribution is -2.26. The summed E-state index contributed by atoms with van der Waals surface area (Å²) < 4.78 is 10.1. The molecule has 1 N–H and O–H groups in total. The molecule has 2 aromatic carbocycles. The molecule has 4 rings (SSSR count). The Balaban J connectivity index is 1.29. The van der Waals surface area contributed by atoms with Gasteiger partial charge in [-0.15, -0.1) is 0 Å². The molecule has 1 heterocycles. The number of nitrogens with one attached hydrogen (secondary N) is 1. The molecule has 1 aliphatic carbocycles. The third-order valence-electron chi connectivity index (χ3n) is 5.20. The predicted octanol–water partition coefficient (Wildman–Crippen LogP) is 4.42. The van der Waals surface area contributed by atoms with Crippen LogP contribution in [0.3, 0.4) is 0 Å². The topological polar surface area (TPSA) is 77.5 Å². The molecule has 156 valence electrons. The Morgan fingerprint density at radius 2 is 1.68 bits per heavy atom. The van der Waals surface area contributed by atoms with Gasteiger partial charge in [0.25, 0.3) is 0 Å². The average molecular weight is 414 g/mol. The van der Waals surface area contributed by atoms with Crippen molar-refractivity contribution in [2.24, 2.45) is 0 Å². The van der Waals surface area contributed by atoms with Crippen molar-refractivity contribution in [3.63, 3.8) is 0 Å². The van der Waals surface area contributed by atoms with Crippen LogP contribution in [0, 0.1) is 0 Å². The van der Waals surface area contributed by atoms with Gasteiger partial charge in [-0.2, -0.15) is 0 Å². The van der Waals surface area contributed by atoms with Gasteiger partial charge < -0.3 is 14.8 Å². The molecule has 0 aliphatic heterocycles. The second-order valence-electron chi connectivity index (χ2n) is 7.07. The van der Waals surface area contributed by atoms with Crippen LogP contribution in [0.1, 0.15) is 33.1 Å². The van der Waals surface area contributed by atoms with Gasteiger partial charge >= 0.3 is 12.1 Å². The van der Waals surface area contributed by atoms with Gasteiger partial charge in [0.05, 0.1) is 18.4 Å². The van der Waals surface area contributed by atoms with Crippen molar-refractivity contribution in [3.05, 3.63) is 95.3 Å². The maximum absolute atomic E-state index is 12.2. The fraction of sp³-hybridized carbons (Fsp3) is 0.160. The van der Waals surface area contributed by atoms with Crippen molar-refractivity contribution in [1.29, 1.82) is 0 Å². The van der Waals surface area contributed by atoms with E-state index < -0.39 is 12.1 Å². The lowest BCUT2D eigenvalue weighted by molar-refractivity contribution is 0.0600. The molecule has 1 aromatic heterocycles. The summed E-state index contributed by atoms with van der Waals surface area (Å²) in [5.74, 6) is -0.397. The number of nitrogens with zero attached hydrogens (tertiary/aromatic N) is 1. The third-order valence-corrected chi connectivity index (χ3v) is 5.20. The monoisotopic (exact) mass is 414 g/mol. The zero-order valence-electron chi connectivity index (χ0n) is 17.1. The first-order valence-corrected chi connectivity index (χ1v) is 9.97. The van der Waals surface area contributed by atoms with Crippen molar-refractivity contribution in [1.82, 2.24) is 10.3 Å². The van der Waals surface area contributed by atoms with E-state index in [1.165, 1.54) is 35.6 Å². The molecule has 1 amide bonds. The van der Waals surface area contributed by atoms with Crippen LogP contribution in [0.2, 0.25) is 0 Å². The standard InChI is InChI=1S/C25H22N2O4/c1-30-24(28)17-12-13-18(27-15-17)7-6-14-26-25(29)31-16-23-21-10-4-2-8-19(21)20-9-3-5-11-22(20)23/h2-13,15,23H,14,16H2,1H3,(H,26,29). The SMILES string of the molecule is COC(=O)c1ccc(C=CCNC(=O)OCC2c3ccccc3-c3ccccc32)nc1. The van der Waals surface area contributed by atoms with E-state index in [0.717, 1.165) is 0 Å². The van der Waals surface area contributed by atoms with E-state index in [-0.39, 0.29) is 12.5 Å². The molecule has 0 fully saturated rings. The van der Waals surface area contributed by atoms with Gasteiger partial charge in [0.15, 0.2) is 0 Å². The molecule has 3 aromatic rings. The quantitative estimate of drug-likeness (QED) is 0.604. The number of ether oxygens (including phenoxy) is 2. The normalized spacial score (nSPS) is 12.3. The fourth-order valence-corrected chi connectivity index (χ4v) is 3.71. The Hall–Kier alpha value is -3.93. The maximum Gasteiger partial charge on any atom is 0.407 e. The van der Waals surface area contributed by atoms with E-state index in [1.54, 1.807) is 24.3 Å². The fourth-order valence-electron chi connectivity index (χ4n) is 3.71. The van der Waals surface area contributed by atoms with Crippen LogP contribution in [-0.2, 0) is 9.47 Å². The second-order valence-corrected chi connectivity index (χ2v) is 7.07. The number of esters is 1. The van der Waals surface area contributed by atoms with Gasteiger partial charge in [0, 0.05) is 18.7 Å². The van der Waals surface area contributed by atoms with E-state index in [1.807, 2.05) is 24.3 Å². The number of hydrogen-bond acceptors (Lipinski definition) is 5. The Morgan fingerprint density at radius 1 is 1.00 bits per heavy atom. The minimum atomic E-state index is -0.472. The summed E-state index contributed by atoms with van der Waals surface area (Å²) in [6.45, 7) is 0.581. The van der Waals surface area contributed by atoms with Crippen molar-refractivity contribution in [2.75, 3.05) is 20.3 Å². The summed E-state index contributed by atoms with van der Waals surface area (Å²) in [6.07, 6.45) is 4.50. The first-order valence-electron chi connectivity index (χ1n) is 9.97. The van der Waals surface area contributed by atoms with Gasteiger partial charge in [0.2, 0.25) is 0 Å². The maximum atomic E-state index is 12.2. The smallest absolute Gasteiger partial charge is 0.407 e. The van der Waals surface area contributed by atoms with Gasteiger partial charge in [-0.25, -0.2) is 9.59 Å². The number of benzene rings is 2. The van der Waals surface area contributed by atoms with Gasteiger partial charge in [0.1, 0.15) is 6.61 Å². The number of amides is 1. The summed E-state index contributed by atoms with van der Waals surface area (Å²) in [5, 5.41) is 2.71. The highest BCUT2D eigenvalue weighted by molar-refractivity contribution is 5.89. The number of hydrogen-bond donors (Lipinski definition) is 1. The first kappa shape index (κ1) is 20.3. The zero-order valence-corrected chi connectivity index (χ0v) is 17.1. The number of aromatic nitrogens is 1. The molecule has 0 radical (unpaired) electrons. The summed E-state index contributed by atoms with van der Waals surface area (Å²) in [6, 6.07) is 19.8. The molecule has 6 heteroatoms. The Labute approximate surface area is 180 Å². The van der Waals surface area contributed by atoms with Crippen LogP contribution in [0.15, 0.2) is 72.9 Å². The summed E-state index contributed by atoms with van der Waals surface area (Å²) in [7, 11) is 1.32. The highest BCUT2D eigenvalue weighted by Crippen LogP contribution is 2.44. The summed E-state index contributed by atoms with van der Waals surface area (Å²) >= 11 is 0. The van der Waals surface area contributed by atoms with E-state index >= 15 is 0 Å². The van der Waals surface area contributed by atoms with Crippen LogP contribution in [0.4, 0.5) is 4.79 Å². The van der Waals surface area contributed by atoms with Crippen molar-refractivity contribution < 1.29 is 19.1 Å². The van der Waals surface area contributed by atoms with Crippen LogP contribution >= 0.6 is 0 Å². The number of rotatable bonds is 6. The van der Waals surface area contributed by atoms with Crippen molar-refractivity contribution >= 4 is 18.1 Å². The lowest BCUT2D eigenvalue weighted by atomic mass is 9.98. The zero-order chi connectivity index (χ0) is 21.6. The largest absolute Gasteiger partial charge is 0.465 e. The Bertz CT molecular complexity index is 1080. The van der Waals surface area contributed by atoms with Crippen molar-refractivity contribution in [2.45, 2.75) is 5.92 Å². The number of carbonyl (C=O) groups excluding carboxylic acids is 2. The Morgan fingerprint density at radius 3 is 2.29 bits per heavy atom. The number of pyridine rings is 1. The lowest BCUT2D eigenvalue weighted by Gasteiger charge is -2.14. The average Bonchev–Trinajstić information content (AvgIpc) is 3.14. The first-order chi connectivity index (χ1) is 15.2. The minimum Gasteiger partial charge on any atom is -0.465 e. The van der Waals surface area contributed by atoms with Crippen molar-refractivity contribution in [3.8, 4) is 11.1 Å². The second kappa shape index (κ2) is 9.26.